The lowest BCUT2D eigenvalue weighted by Crippen LogP contribution is -2.45. The molecule has 1 aliphatic heterocycles. The summed E-state index contributed by atoms with van der Waals surface area (Å²) in [6.07, 6.45) is 3.62. The number of carboxylic acids is 1. The Morgan fingerprint density at radius 1 is 1.28 bits per heavy atom. The molecule has 7 heteroatoms. The number of carboxylic acid groups (broad SMARTS) is 1. The van der Waals surface area contributed by atoms with Crippen LogP contribution in [0.4, 0.5) is 0 Å². The van der Waals surface area contributed by atoms with Gasteiger partial charge in [0.2, 0.25) is 0 Å². The minimum Gasteiger partial charge on any atom is -0.550 e. The van der Waals surface area contributed by atoms with Crippen molar-refractivity contribution < 1.29 is 23.8 Å². The second-order valence-electron chi connectivity index (χ2n) is 7.52. The topological polar surface area (TPSA) is 99.9 Å². The van der Waals surface area contributed by atoms with Gasteiger partial charge in [0.05, 0.1) is 0 Å². The summed E-state index contributed by atoms with van der Waals surface area (Å²) in [6, 6.07) is 5.20. The Hall–Kier alpha value is -2.83. The molecule has 0 saturated carbocycles. The molecule has 1 saturated heterocycles. The Morgan fingerprint density at radius 2 is 2.00 bits per heavy atom. The van der Waals surface area contributed by atoms with E-state index in [2.05, 4.69) is 6.92 Å². The van der Waals surface area contributed by atoms with E-state index in [-0.39, 0.29) is 12.5 Å². The second kappa shape index (κ2) is 9.11. The zero-order valence-corrected chi connectivity index (χ0v) is 16.9. The van der Waals surface area contributed by atoms with Crippen LogP contribution < -0.4 is 15.5 Å². The van der Waals surface area contributed by atoms with Gasteiger partial charge in [0.1, 0.15) is 11.3 Å². The molecule has 1 aromatic carbocycles. The number of carbonyl (C=O) groups excluding carboxylic acids is 2. The van der Waals surface area contributed by atoms with Gasteiger partial charge in [-0.15, -0.1) is 0 Å². The summed E-state index contributed by atoms with van der Waals surface area (Å²) in [6.45, 7) is 4.52. The van der Waals surface area contributed by atoms with E-state index >= 15 is 0 Å². The van der Waals surface area contributed by atoms with Crippen LogP contribution >= 0.6 is 0 Å². The Balaban J connectivity index is 1.71. The first kappa shape index (κ1) is 20.9. The predicted octanol–water partition coefficient (Wildman–Crippen LogP) is 1.81. The number of likely N-dealkylation sites (tertiary alicyclic amines) is 1. The van der Waals surface area contributed by atoms with Gasteiger partial charge in [-0.05, 0) is 50.3 Å². The Labute approximate surface area is 169 Å². The van der Waals surface area contributed by atoms with Gasteiger partial charge in [-0.1, -0.05) is 13.3 Å². The Morgan fingerprint density at radius 3 is 2.66 bits per heavy atom. The maximum Gasteiger partial charge on any atom is 0.336 e. The van der Waals surface area contributed by atoms with Gasteiger partial charge >= 0.3 is 5.63 Å². The largest absolute Gasteiger partial charge is 0.550 e. The lowest BCUT2D eigenvalue weighted by molar-refractivity contribution is -0.312. The molecular weight excluding hydrogens is 374 g/mol. The van der Waals surface area contributed by atoms with E-state index in [0.29, 0.717) is 42.8 Å². The van der Waals surface area contributed by atoms with Crippen molar-refractivity contribution in [1.82, 2.24) is 4.90 Å². The van der Waals surface area contributed by atoms with Crippen molar-refractivity contribution in [3.8, 4) is 5.75 Å². The third-order valence-electron chi connectivity index (χ3n) is 5.53. The first-order valence-electron chi connectivity index (χ1n) is 10.1. The van der Waals surface area contributed by atoms with Crippen molar-refractivity contribution in [2.24, 2.45) is 5.92 Å². The lowest BCUT2D eigenvalue weighted by Gasteiger charge is -2.32. The average Bonchev–Trinajstić information content (AvgIpc) is 2.71. The minimum absolute atomic E-state index is 0.151. The van der Waals surface area contributed by atoms with Crippen LogP contribution in [0.15, 0.2) is 27.4 Å². The number of piperidine rings is 1. The lowest BCUT2D eigenvalue weighted by atomic mass is 9.97. The van der Waals surface area contributed by atoms with Gasteiger partial charge in [0.25, 0.3) is 5.91 Å². The summed E-state index contributed by atoms with van der Waals surface area (Å²) >= 11 is 0. The molecule has 1 amide bonds. The van der Waals surface area contributed by atoms with Crippen LogP contribution in [-0.4, -0.2) is 36.5 Å². The number of hydrogen-bond donors (Lipinski definition) is 0. The van der Waals surface area contributed by atoms with E-state index in [9.17, 15) is 19.5 Å². The number of aryl methyl sites for hydroxylation is 2. The highest BCUT2D eigenvalue weighted by molar-refractivity contribution is 5.85. The molecule has 156 valence electrons. The number of rotatable bonds is 7. The van der Waals surface area contributed by atoms with Crippen molar-refractivity contribution in [2.45, 2.75) is 46.0 Å². The highest BCUT2D eigenvalue weighted by Gasteiger charge is 2.24. The van der Waals surface area contributed by atoms with Gasteiger partial charge < -0.3 is 24.0 Å². The summed E-state index contributed by atoms with van der Waals surface area (Å²) in [7, 11) is 0. The zero-order chi connectivity index (χ0) is 21.0. The van der Waals surface area contributed by atoms with Crippen LogP contribution in [0.1, 0.15) is 43.7 Å². The van der Waals surface area contributed by atoms with Crippen LogP contribution in [0.25, 0.3) is 11.0 Å². The third-order valence-corrected chi connectivity index (χ3v) is 5.53. The Kier molecular flexibility index (Phi) is 6.56. The monoisotopic (exact) mass is 400 g/mol. The molecule has 29 heavy (non-hydrogen) atoms. The van der Waals surface area contributed by atoms with Gasteiger partial charge in [-0.25, -0.2) is 4.79 Å². The molecule has 1 aliphatic rings. The Bertz CT molecular complexity index is 956. The number of benzene rings is 1. The number of nitrogens with zero attached hydrogens (tertiary/aromatic N) is 1. The predicted molar refractivity (Wildman–Crippen MR) is 106 cm³/mol. The fourth-order valence-electron chi connectivity index (χ4n) is 3.73. The summed E-state index contributed by atoms with van der Waals surface area (Å²) in [4.78, 5) is 36.9. The van der Waals surface area contributed by atoms with Crippen molar-refractivity contribution in [3.05, 3.63) is 39.7 Å². The van der Waals surface area contributed by atoms with Crippen molar-refractivity contribution in [1.29, 1.82) is 0 Å². The van der Waals surface area contributed by atoms with Crippen LogP contribution in [0.5, 0.6) is 5.75 Å². The normalized spacial score (nSPS) is 14.9. The van der Waals surface area contributed by atoms with Crippen LogP contribution in [0, 0.1) is 12.8 Å². The van der Waals surface area contributed by atoms with Gasteiger partial charge in [0.15, 0.2) is 6.61 Å². The molecule has 0 N–H and O–H groups in total. The fraction of sp³-hybridized carbons (Fsp3) is 0.500. The minimum atomic E-state index is -1.06. The summed E-state index contributed by atoms with van der Waals surface area (Å²) in [5.41, 5.74) is 1.74. The molecule has 1 fully saturated rings. The first-order chi connectivity index (χ1) is 13.9. The van der Waals surface area contributed by atoms with E-state index < -0.39 is 17.5 Å². The average molecular weight is 400 g/mol. The van der Waals surface area contributed by atoms with Crippen LogP contribution in [0.2, 0.25) is 0 Å². The van der Waals surface area contributed by atoms with Gasteiger partial charge in [-0.3, -0.25) is 4.79 Å². The number of hydrogen-bond acceptors (Lipinski definition) is 6. The van der Waals surface area contributed by atoms with E-state index in [0.717, 1.165) is 30.2 Å². The molecule has 2 aromatic rings. The van der Waals surface area contributed by atoms with Crippen molar-refractivity contribution in [2.75, 3.05) is 19.7 Å². The van der Waals surface area contributed by atoms with E-state index in [1.165, 1.54) is 6.07 Å². The number of aliphatic carboxylic acids is 1. The van der Waals surface area contributed by atoms with Crippen LogP contribution in [-0.2, 0) is 16.0 Å². The molecule has 0 aliphatic carbocycles. The number of fused-ring (bicyclic) bond motifs is 1. The van der Waals surface area contributed by atoms with Crippen molar-refractivity contribution in [3.63, 3.8) is 0 Å². The number of amides is 1. The zero-order valence-electron chi connectivity index (χ0n) is 16.9. The number of unbranched alkanes of at least 4 members (excludes halogenated alkanes) is 1. The molecule has 0 unspecified atom stereocenters. The van der Waals surface area contributed by atoms with Gasteiger partial charge in [0, 0.05) is 42.0 Å². The molecule has 0 atom stereocenters. The maximum absolute atomic E-state index is 12.4. The van der Waals surface area contributed by atoms with E-state index in [4.69, 9.17) is 9.15 Å². The molecule has 7 nitrogen and oxygen atoms in total. The van der Waals surface area contributed by atoms with Gasteiger partial charge in [-0.2, -0.15) is 0 Å². The number of carbonyl (C=O) groups is 2. The molecule has 0 bridgehead atoms. The van der Waals surface area contributed by atoms with E-state index in [1.54, 1.807) is 17.9 Å². The van der Waals surface area contributed by atoms with E-state index in [1.807, 2.05) is 6.07 Å². The second-order valence-corrected chi connectivity index (χ2v) is 7.52. The smallest absolute Gasteiger partial charge is 0.336 e. The SMILES string of the molecule is CCCCc1cc(=O)oc2c(C)c(OCC(=O)N3CCC(C(=O)[O-])CC3)ccc12. The standard InChI is InChI=1S/C22H27NO6/c1-3-4-5-16-12-20(25)29-21-14(2)18(7-6-17(16)21)28-13-19(24)23-10-8-15(9-11-23)22(26)27/h6-7,12,15H,3-5,8-11,13H2,1-2H3,(H,26,27)/p-1. The molecule has 2 heterocycles. The maximum atomic E-state index is 12.4. The number of ether oxygens (including phenoxy) is 1. The summed E-state index contributed by atoms with van der Waals surface area (Å²) in [5.74, 6) is -1.25. The highest BCUT2D eigenvalue weighted by atomic mass is 16.5. The molecule has 0 spiro atoms. The summed E-state index contributed by atoms with van der Waals surface area (Å²) < 4.78 is 11.1. The van der Waals surface area contributed by atoms with Crippen molar-refractivity contribution >= 4 is 22.8 Å². The first-order valence-corrected chi connectivity index (χ1v) is 10.1. The van der Waals surface area contributed by atoms with Crippen LogP contribution in [0.3, 0.4) is 0 Å². The quantitative estimate of drug-likeness (QED) is 0.657. The molecular formula is C22H26NO6-. The fourth-order valence-corrected chi connectivity index (χ4v) is 3.73. The molecule has 1 aromatic heterocycles. The molecule has 0 radical (unpaired) electrons. The third kappa shape index (κ3) is 4.78. The molecule has 3 rings (SSSR count). The summed E-state index contributed by atoms with van der Waals surface area (Å²) in [5, 5.41) is 11.8. The highest BCUT2D eigenvalue weighted by Crippen LogP contribution is 2.29.